The average Bonchev–Trinajstić information content (AvgIpc) is 4.29. The van der Waals surface area contributed by atoms with Crippen molar-refractivity contribution in [3.63, 3.8) is 0 Å². The third-order valence-electron chi connectivity index (χ3n) is 15.6. The Bertz CT molecular complexity index is 2830. The Morgan fingerprint density at radius 1 is 0.583 bits per heavy atom. The second kappa shape index (κ2) is 19.1. The van der Waals surface area contributed by atoms with Gasteiger partial charge in [0.25, 0.3) is 11.1 Å². The minimum Gasteiger partial charge on any atom is -0.454 e. The van der Waals surface area contributed by atoms with Gasteiger partial charge in [0, 0.05) is 85.6 Å². The van der Waals surface area contributed by atoms with Crippen molar-refractivity contribution in [2.75, 3.05) is 26.8 Å². The highest BCUT2D eigenvalue weighted by atomic mass is 16.7. The highest BCUT2D eigenvalue weighted by Gasteiger charge is 2.60. The fraction of sp³-hybridized carbons (Fsp3) is 0.444. The van der Waals surface area contributed by atoms with Crippen LogP contribution in [0, 0.1) is 35.5 Å². The minimum atomic E-state index is -0.669. The van der Waals surface area contributed by atoms with E-state index in [4.69, 9.17) is 18.9 Å². The van der Waals surface area contributed by atoms with Gasteiger partial charge in [-0.1, -0.05) is 36.4 Å². The number of hydrogen-bond acceptors (Lipinski definition) is 12. The largest absolute Gasteiger partial charge is 0.454 e. The molecule has 2 saturated heterocycles. The van der Waals surface area contributed by atoms with Gasteiger partial charge in [0.2, 0.25) is 37.2 Å². The van der Waals surface area contributed by atoms with E-state index in [9.17, 15) is 39.0 Å². The molecule has 72 heavy (non-hydrogen) atoms. The van der Waals surface area contributed by atoms with Crippen LogP contribution in [0.2, 0.25) is 0 Å². The standard InChI is InChI=1S/2C27H29N3O6/c2*1-2-3-16-7-8-19-24-23(25(32)28-11-15-4-9-21-22(10-15)36-14-35-21)18(13-31)20(12-29(19)26(16)33)30(24)27(34)17-5-6-17/h2*2-4,7-10,17-18,20,23-24,31H,5-6,11-14H2,1H3,(H,28,32)/b3-2+;3-2-/t2*18-,20-,23+,24+/m11/s1. The van der Waals surface area contributed by atoms with E-state index in [1.165, 1.54) is 0 Å². The number of benzene rings is 2. The lowest BCUT2D eigenvalue weighted by Crippen LogP contribution is -2.49. The van der Waals surface area contributed by atoms with Gasteiger partial charge < -0.3 is 58.7 Å². The fourth-order valence-corrected chi connectivity index (χ4v) is 11.9. The van der Waals surface area contributed by atoms with Crippen LogP contribution in [0.15, 0.2) is 82.4 Å². The van der Waals surface area contributed by atoms with Crippen LogP contribution < -0.4 is 40.7 Å². The van der Waals surface area contributed by atoms with E-state index in [0.717, 1.165) is 36.8 Å². The number of amides is 4. The number of fused-ring (bicyclic) bond motifs is 10. The zero-order valence-electron chi connectivity index (χ0n) is 40.1. The van der Waals surface area contributed by atoms with Crippen molar-refractivity contribution >= 4 is 35.8 Å². The molecular formula is C54H58N6O12. The average molecular weight is 983 g/mol. The summed E-state index contributed by atoms with van der Waals surface area (Å²) >= 11 is 0. The number of ether oxygens (including phenoxy) is 4. The second-order valence-corrected chi connectivity index (χ2v) is 19.9. The van der Waals surface area contributed by atoms with Crippen molar-refractivity contribution in [1.29, 1.82) is 0 Å². The molecule has 18 heteroatoms. The third kappa shape index (κ3) is 8.23. The summed E-state index contributed by atoms with van der Waals surface area (Å²) in [7, 11) is 0. The number of aliphatic hydroxyl groups is 2. The summed E-state index contributed by atoms with van der Waals surface area (Å²) in [4.78, 5) is 84.2. The minimum absolute atomic E-state index is 0.0192. The van der Waals surface area contributed by atoms with Crippen molar-refractivity contribution in [1.82, 2.24) is 29.6 Å². The molecule has 8 atom stereocenters. The van der Waals surface area contributed by atoms with Gasteiger partial charge in [0.05, 0.1) is 36.0 Å². The summed E-state index contributed by atoms with van der Waals surface area (Å²) in [6, 6.07) is 16.2. The molecule has 4 amide bonds. The molecule has 8 heterocycles. The Balaban J connectivity index is 0.000000156. The number of carbonyl (C=O) groups is 4. The van der Waals surface area contributed by atoms with Crippen molar-refractivity contribution in [2.45, 2.75) is 89.9 Å². The van der Waals surface area contributed by atoms with Gasteiger partial charge in [-0.05, 0) is 99.2 Å². The lowest BCUT2D eigenvalue weighted by molar-refractivity contribution is -0.139. The van der Waals surface area contributed by atoms with Gasteiger partial charge in [-0.3, -0.25) is 28.8 Å². The smallest absolute Gasteiger partial charge is 0.258 e. The predicted molar refractivity (Wildman–Crippen MR) is 260 cm³/mol. The molecule has 4 aromatic rings. The third-order valence-corrected chi connectivity index (χ3v) is 15.6. The Labute approximate surface area is 414 Å². The molecule has 2 saturated carbocycles. The van der Waals surface area contributed by atoms with Crippen LogP contribution in [0.1, 0.15) is 85.3 Å². The first-order valence-electron chi connectivity index (χ1n) is 24.9. The van der Waals surface area contributed by atoms with Crippen LogP contribution in [0.3, 0.4) is 0 Å². The lowest BCUT2D eigenvalue weighted by atomic mass is 9.86. The maximum Gasteiger partial charge on any atom is 0.258 e. The number of aliphatic hydroxyl groups excluding tert-OH is 2. The van der Waals surface area contributed by atoms with E-state index >= 15 is 0 Å². The molecule has 2 aromatic carbocycles. The molecular weight excluding hydrogens is 925 g/mol. The molecule has 8 aliphatic rings. The quantitative estimate of drug-likeness (QED) is 0.160. The molecule has 4 fully saturated rings. The summed E-state index contributed by atoms with van der Waals surface area (Å²) in [5.74, 6) is -0.194. The van der Waals surface area contributed by atoms with Crippen LogP contribution >= 0.6 is 0 Å². The SMILES string of the molecule is C/C=C/c1ccc2n(c1=O)C[C@@H]1[C@@H](CO)[C@H](C(=O)NCc3ccc4c(c3)OCO4)[C@H]2N1C(=O)C1CC1.C/C=C\c1ccc2n(c1=O)C[C@@H]1[C@@H](CO)[C@H](C(=O)NCc3ccc4c(c3)OCO4)[C@H]2N1C(=O)C1CC1. The number of pyridine rings is 2. The fourth-order valence-electron chi connectivity index (χ4n) is 11.9. The normalized spacial score (nSPS) is 25.8. The van der Waals surface area contributed by atoms with E-state index in [-0.39, 0.29) is 99.6 Å². The molecule has 4 N–H and O–H groups in total. The second-order valence-electron chi connectivity index (χ2n) is 19.9. The van der Waals surface area contributed by atoms with Crippen molar-refractivity contribution < 1.29 is 48.3 Å². The van der Waals surface area contributed by atoms with E-state index < -0.39 is 47.8 Å². The maximum absolute atomic E-state index is 13.7. The van der Waals surface area contributed by atoms with Gasteiger partial charge in [-0.25, -0.2) is 0 Å². The summed E-state index contributed by atoms with van der Waals surface area (Å²) in [5.41, 5.74) is 3.85. The number of carbonyl (C=O) groups excluding carboxylic acids is 4. The number of nitrogens with one attached hydrogen (secondary N) is 2. The summed E-state index contributed by atoms with van der Waals surface area (Å²) in [5, 5.41) is 26.8. The highest BCUT2D eigenvalue weighted by molar-refractivity contribution is 5.87. The summed E-state index contributed by atoms with van der Waals surface area (Å²) in [6.45, 7) is 4.64. The van der Waals surface area contributed by atoms with E-state index in [0.29, 0.717) is 45.5 Å². The van der Waals surface area contributed by atoms with Crippen LogP contribution in [0.4, 0.5) is 0 Å². The van der Waals surface area contributed by atoms with Crippen LogP contribution in [-0.2, 0) is 45.4 Å². The Kier molecular flexibility index (Phi) is 12.5. The molecule has 4 bridgehead atoms. The lowest BCUT2D eigenvalue weighted by Gasteiger charge is -2.38. The Morgan fingerprint density at radius 2 is 0.986 bits per heavy atom. The number of rotatable bonds is 12. The molecule has 2 aliphatic carbocycles. The number of allylic oxidation sites excluding steroid dienone is 2. The van der Waals surface area contributed by atoms with Gasteiger partial charge in [0.15, 0.2) is 23.0 Å². The first-order valence-corrected chi connectivity index (χ1v) is 24.9. The zero-order chi connectivity index (χ0) is 49.9. The molecule has 0 unspecified atom stereocenters. The molecule has 0 spiro atoms. The van der Waals surface area contributed by atoms with E-state index in [2.05, 4.69) is 10.6 Å². The van der Waals surface area contributed by atoms with E-state index in [1.54, 1.807) is 43.2 Å². The Hall–Kier alpha value is -7.18. The van der Waals surface area contributed by atoms with Crippen LogP contribution in [0.25, 0.3) is 12.2 Å². The molecule has 2 aromatic heterocycles. The van der Waals surface area contributed by atoms with Gasteiger partial charge in [0.1, 0.15) is 0 Å². The predicted octanol–water partition coefficient (Wildman–Crippen LogP) is 3.65. The molecule has 18 nitrogen and oxygen atoms in total. The monoisotopic (exact) mass is 982 g/mol. The van der Waals surface area contributed by atoms with Crippen LogP contribution in [0.5, 0.6) is 23.0 Å². The molecule has 6 aliphatic heterocycles. The van der Waals surface area contributed by atoms with Gasteiger partial charge in [-0.2, -0.15) is 0 Å². The first kappa shape index (κ1) is 47.2. The zero-order valence-corrected chi connectivity index (χ0v) is 40.1. The first-order chi connectivity index (χ1) is 35.0. The topological polar surface area (TPSA) is 220 Å². The van der Waals surface area contributed by atoms with Gasteiger partial charge >= 0.3 is 0 Å². The van der Waals surface area contributed by atoms with Crippen LogP contribution in [-0.4, -0.2) is 91.7 Å². The van der Waals surface area contributed by atoms with Gasteiger partial charge in [-0.15, -0.1) is 0 Å². The molecule has 12 rings (SSSR count). The maximum atomic E-state index is 13.7. The Morgan fingerprint density at radius 3 is 1.36 bits per heavy atom. The van der Waals surface area contributed by atoms with Crippen molar-refractivity contribution in [2.24, 2.45) is 35.5 Å². The van der Waals surface area contributed by atoms with Crippen molar-refractivity contribution in [3.8, 4) is 23.0 Å². The number of aromatic nitrogens is 2. The molecule has 376 valence electrons. The number of hydrogen-bond donors (Lipinski definition) is 4. The summed E-state index contributed by atoms with van der Waals surface area (Å²) in [6.07, 6.45) is 10.5. The van der Waals surface area contributed by atoms with E-state index in [1.807, 2.05) is 74.5 Å². The highest BCUT2D eigenvalue weighted by Crippen LogP contribution is 2.52. The number of nitrogens with zero attached hydrogens (tertiary/aromatic N) is 4. The summed E-state index contributed by atoms with van der Waals surface area (Å²) < 4.78 is 25.0. The molecule has 0 radical (unpaired) electrons. The van der Waals surface area contributed by atoms with Crippen molar-refractivity contribution in [3.05, 3.63) is 127 Å².